The summed E-state index contributed by atoms with van der Waals surface area (Å²) < 4.78 is 37.6. The Hall–Kier alpha value is -2.49. The highest BCUT2D eigenvalue weighted by molar-refractivity contribution is 6.36. The van der Waals surface area contributed by atoms with Crippen molar-refractivity contribution < 1.29 is 18.0 Å². The number of benzene rings is 2. The largest absolute Gasteiger partial charge is 0.416 e. The minimum atomic E-state index is -4.46. The van der Waals surface area contributed by atoms with E-state index in [4.69, 9.17) is 28.5 Å². The maximum absolute atomic E-state index is 12.5. The molecule has 25 heavy (non-hydrogen) atoms. The average Bonchev–Trinajstić information content (AvgIpc) is 2.55. The van der Waals surface area contributed by atoms with Gasteiger partial charge in [-0.25, -0.2) is 0 Å². The minimum absolute atomic E-state index is 0.215. The molecule has 0 aliphatic heterocycles. The number of alkyl halides is 3. The molecular weight excluding hydrogens is 376 g/mol. The third-order valence-electron chi connectivity index (χ3n) is 3.09. The predicted octanol–water partition coefficient (Wildman–Crippen LogP) is 5.56. The summed E-state index contributed by atoms with van der Waals surface area (Å²) in [4.78, 5) is 12.2. The van der Waals surface area contributed by atoms with Gasteiger partial charge in [-0.3, -0.25) is 4.79 Å². The Kier molecular flexibility index (Phi) is 5.73. The standard InChI is InChI=1S/C17H9Cl2F3N2O/c18-13-5-6-14(19)15(8-13)24-16(25)11(9-23)7-10-1-3-12(4-2-10)17(20,21)22/h1-8H,(H,24,25)/b11-7+. The Labute approximate surface area is 151 Å². The Balaban J connectivity index is 2.23. The van der Waals surface area contributed by atoms with Crippen LogP contribution < -0.4 is 5.32 Å². The van der Waals surface area contributed by atoms with Gasteiger partial charge in [-0.2, -0.15) is 18.4 Å². The highest BCUT2D eigenvalue weighted by Gasteiger charge is 2.29. The van der Waals surface area contributed by atoms with Gasteiger partial charge in [0.2, 0.25) is 0 Å². The van der Waals surface area contributed by atoms with Crippen molar-refractivity contribution in [3.8, 4) is 6.07 Å². The third kappa shape index (κ3) is 4.99. The number of amides is 1. The van der Waals surface area contributed by atoms with Crippen molar-refractivity contribution in [2.24, 2.45) is 0 Å². The van der Waals surface area contributed by atoms with Gasteiger partial charge in [0.05, 0.1) is 16.3 Å². The van der Waals surface area contributed by atoms with Crippen LogP contribution in [0.1, 0.15) is 11.1 Å². The second kappa shape index (κ2) is 7.60. The van der Waals surface area contributed by atoms with Crippen molar-refractivity contribution in [2.45, 2.75) is 6.18 Å². The number of halogens is 5. The zero-order valence-electron chi connectivity index (χ0n) is 12.4. The van der Waals surface area contributed by atoms with Crippen molar-refractivity contribution in [2.75, 3.05) is 5.32 Å². The molecule has 1 N–H and O–H groups in total. The lowest BCUT2D eigenvalue weighted by molar-refractivity contribution is -0.137. The number of carbonyl (C=O) groups is 1. The van der Waals surface area contributed by atoms with Crippen LogP contribution in [-0.4, -0.2) is 5.91 Å². The topological polar surface area (TPSA) is 52.9 Å². The van der Waals surface area contributed by atoms with E-state index < -0.39 is 17.6 Å². The molecule has 0 atom stereocenters. The number of nitriles is 1. The minimum Gasteiger partial charge on any atom is -0.320 e. The maximum atomic E-state index is 12.5. The van der Waals surface area contributed by atoms with Crippen LogP contribution >= 0.6 is 23.2 Å². The van der Waals surface area contributed by atoms with Crippen molar-refractivity contribution in [1.29, 1.82) is 5.26 Å². The van der Waals surface area contributed by atoms with E-state index in [-0.39, 0.29) is 21.8 Å². The van der Waals surface area contributed by atoms with Gasteiger partial charge in [-0.1, -0.05) is 35.3 Å². The lowest BCUT2D eigenvalue weighted by atomic mass is 10.1. The van der Waals surface area contributed by atoms with E-state index in [0.29, 0.717) is 5.02 Å². The number of rotatable bonds is 3. The number of nitrogens with zero attached hydrogens (tertiary/aromatic N) is 1. The lowest BCUT2D eigenvalue weighted by Gasteiger charge is -2.08. The summed E-state index contributed by atoms with van der Waals surface area (Å²) in [5.74, 6) is -0.758. The molecule has 0 fully saturated rings. The third-order valence-corrected chi connectivity index (χ3v) is 3.66. The first kappa shape index (κ1) is 18.8. The Bertz CT molecular complexity index is 869. The van der Waals surface area contributed by atoms with Gasteiger partial charge in [0.15, 0.2) is 0 Å². The normalized spacial score (nSPS) is 11.8. The maximum Gasteiger partial charge on any atom is 0.416 e. The smallest absolute Gasteiger partial charge is 0.320 e. The molecule has 0 saturated heterocycles. The van der Waals surface area contributed by atoms with Crippen LogP contribution in [0.25, 0.3) is 6.08 Å². The van der Waals surface area contributed by atoms with Crippen LogP contribution in [0.5, 0.6) is 0 Å². The summed E-state index contributed by atoms with van der Waals surface area (Å²) in [7, 11) is 0. The summed E-state index contributed by atoms with van der Waals surface area (Å²) in [5, 5.41) is 12.1. The van der Waals surface area contributed by atoms with Crippen molar-refractivity contribution in [3.63, 3.8) is 0 Å². The molecule has 0 aliphatic rings. The van der Waals surface area contributed by atoms with E-state index in [1.165, 1.54) is 36.4 Å². The van der Waals surface area contributed by atoms with E-state index in [1.54, 1.807) is 6.07 Å². The van der Waals surface area contributed by atoms with E-state index >= 15 is 0 Å². The molecular formula is C17H9Cl2F3N2O. The Morgan fingerprint density at radius 1 is 1.12 bits per heavy atom. The molecule has 0 saturated carbocycles. The first-order chi connectivity index (χ1) is 11.7. The summed E-state index contributed by atoms with van der Waals surface area (Å²) in [6.45, 7) is 0. The van der Waals surface area contributed by atoms with Gasteiger partial charge in [-0.15, -0.1) is 0 Å². The van der Waals surface area contributed by atoms with E-state index in [2.05, 4.69) is 5.32 Å². The molecule has 0 spiro atoms. The fourth-order valence-electron chi connectivity index (χ4n) is 1.87. The number of nitrogens with one attached hydrogen (secondary N) is 1. The average molecular weight is 385 g/mol. The predicted molar refractivity (Wildman–Crippen MR) is 90.1 cm³/mol. The zero-order valence-corrected chi connectivity index (χ0v) is 13.9. The van der Waals surface area contributed by atoms with Gasteiger partial charge in [-0.05, 0) is 42.0 Å². The molecule has 2 rings (SSSR count). The lowest BCUT2D eigenvalue weighted by Crippen LogP contribution is -2.13. The molecule has 2 aromatic carbocycles. The number of hydrogen-bond acceptors (Lipinski definition) is 2. The summed E-state index contributed by atoms with van der Waals surface area (Å²) in [6, 6.07) is 10.2. The SMILES string of the molecule is N#C/C(=C\c1ccc(C(F)(F)F)cc1)C(=O)Nc1cc(Cl)ccc1Cl. The molecule has 2 aromatic rings. The summed E-state index contributed by atoms with van der Waals surface area (Å²) >= 11 is 11.7. The summed E-state index contributed by atoms with van der Waals surface area (Å²) in [5.41, 5.74) is -0.626. The molecule has 1 amide bonds. The van der Waals surface area contributed by atoms with Gasteiger partial charge in [0.1, 0.15) is 11.6 Å². The molecule has 0 bridgehead atoms. The zero-order chi connectivity index (χ0) is 18.6. The van der Waals surface area contributed by atoms with Crippen LogP contribution in [0.4, 0.5) is 18.9 Å². The second-order valence-electron chi connectivity index (χ2n) is 4.87. The molecule has 128 valence electrons. The molecule has 0 unspecified atom stereocenters. The molecule has 8 heteroatoms. The Morgan fingerprint density at radius 3 is 2.32 bits per heavy atom. The highest BCUT2D eigenvalue weighted by atomic mass is 35.5. The van der Waals surface area contributed by atoms with Gasteiger partial charge in [0.25, 0.3) is 5.91 Å². The first-order valence-electron chi connectivity index (χ1n) is 6.76. The molecule has 0 aliphatic carbocycles. The van der Waals surface area contributed by atoms with Crippen LogP contribution in [0.2, 0.25) is 10.0 Å². The second-order valence-corrected chi connectivity index (χ2v) is 5.71. The molecule has 0 radical (unpaired) electrons. The van der Waals surface area contributed by atoms with Crippen LogP contribution in [0.15, 0.2) is 48.0 Å². The van der Waals surface area contributed by atoms with E-state index in [1.807, 2.05) is 0 Å². The fourth-order valence-corrected chi connectivity index (χ4v) is 2.20. The molecule has 0 aromatic heterocycles. The monoisotopic (exact) mass is 384 g/mol. The van der Waals surface area contributed by atoms with Crippen LogP contribution in [0, 0.1) is 11.3 Å². The van der Waals surface area contributed by atoms with Crippen molar-refractivity contribution >= 4 is 40.9 Å². The number of anilines is 1. The van der Waals surface area contributed by atoms with Crippen molar-refractivity contribution in [1.82, 2.24) is 0 Å². The van der Waals surface area contributed by atoms with E-state index in [9.17, 15) is 18.0 Å². The summed E-state index contributed by atoms with van der Waals surface area (Å²) in [6.07, 6.45) is -3.28. The Morgan fingerprint density at radius 2 is 1.76 bits per heavy atom. The number of carbonyl (C=O) groups excluding carboxylic acids is 1. The first-order valence-corrected chi connectivity index (χ1v) is 7.52. The van der Waals surface area contributed by atoms with E-state index in [0.717, 1.165) is 12.1 Å². The van der Waals surface area contributed by atoms with Gasteiger partial charge in [0, 0.05) is 5.02 Å². The van der Waals surface area contributed by atoms with Gasteiger partial charge < -0.3 is 5.32 Å². The van der Waals surface area contributed by atoms with Gasteiger partial charge >= 0.3 is 6.18 Å². The highest BCUT2D eigenvalue weighted by Crippen LogP contribution is 2.29. The number of hydrogen-bond donors (Lipinski definition) is 1. The van der Waals surface area contributed by atoms with Crippen LogP contribution in [0.3, 0.4) is 0 Å². The molecule has 3 nitrogen and oxygen atoms in total. The fraction of sp³-hybridized carbons (Fsp3) is 0.0588. The molecule has 0 heterocycles. The van der Waals surface area contributed by atoms with Crippen LogP contribution in [-0.2, 0) is 11.0 Å². The quantitative estimate of drug-likeness (QED) is 0.556. The van der Waals surface area contributed by atoms with Crippen molar-refractivity contribution in [3.05, 3.63) is 69.2 Å².